The topological polar surface area (TPSA) is 0 Å². The Bertz CT molecular complexity index is 393. The van der Waals surface area contributed by atoms with E-state index in [0.717, 1.165) is 12.3 Å². The summed E-state index contributed by atoms with van der Waals surface area (Å²) in [4.78, 5) is 0. The van der Waals surface area contributed by atoms with Gasteiger partial charge in [0.1, 0.15) is 0 Å². The van der Waals surface area contributed by atoms with E-state index in [1.165, 1.54) is 49.7 Å². The zero-order valence-corrected chi connectivity index (χ0v) is 14.0. The zero-order valence-electron chi connectivity index (χ0n) is 13.3. The van der Waals surface area contributed by atoms with Crippen LogP contribution in [0.1, 0.15) is 82.2 Å². The van der Waals surface area contributed by atoms with E-state index >= 15 is 0 Å². The van der Waals surface area contributed by atoms with Crippen molar-refractivity contribution in [3.63, 3.8) is 0 Å². The maximum absolute atomic E-state index is 6.59. The summed E-state index contributed by atoms with van der Waals surface area (Å²) in [6.45, 7) is 6.76. The van der Waals surface area contributed by atoms with Crippen LogP contribution in [0.2, 0.25) is 0 Å². The van der Waals surface area contributed by atoms with E-state index in [1.807, 2.05) is 0 Å². The van der Waals surface area contributed by atoms with Crippen molar-refractivity contribution < 1.29 is 0 Å². The molecule has 0 heterocycles. The fourth-order valence-corrected chi connectivity index (χ4v) is 3.49. The molecule has 0 N–H and O–H groups in total. The van der Waals surface area contributed by atoms with Crippen molar-refractivity contribution in [3.8, 4) is 0 Å². The Hall–Kier alpha value is -0.490. The molecule has 1 fully saturated rings. The van der Waals surface area contributed by atoms with Crippen LogP contribution in [-0.2, 0) is 5.41 Å². The van der Waals surface area contributed by atoms with Gasteiger partial charge in [0.15, 0.2) is 0 Å². The van der Waals surface area contributed by atoms with Crippen molar-refractivity contribution in [3.05, 3.63) is 35.4 Å². The van der Waals surface area contributed by atoms with Crippen molar-refractivity contribution in [2.24, 2.45) is 5.92 Å². The molecule has 0 bridgehead atoms. The van der Waals surface area contributed by atoms with Gasteiger partial charge in [-0.05, 0) is 35.3 Å². The molecule has 0 nitrogen and oxygen atoms in total. The van der Waals surface area contributed by atoms with Crippen molar-refractivity contribution in [2.75, 3.05) is 0 Å². The minimum absolute atomic E-state index is 0.186. The Morgan fingerprint density at radius 2 is 1.65 bits per heavy atom. The van der Waals surface area contributed by atoms with Crippen LogP contribution in [0.25, 0.3) is 0 Å². The van der Waals surface area contributed by atoms with E-state index in [9.17, 15) is 0 Å². The largest absolute Gasteiger partial charge is 0.118 e. The van der Waals surface area contributed by atoms with Gasteiger partial charge >= 0.3 is 0 Å². The standard InChI is InChI=1S/C19H29Cl/c1-19(2,3)17-12-10-16(11-13-17)18(20)14-9-15-7-5-4-6-8-15/h10-13,15,18H,4-9,14H2,1-3H3. The van der Waals surface area contributed by atoms with E-state index in [2.05, 4.69) is 45.0 Å². The summed E-state index contributed by atoms with van der Waals surface area (Å²) in [6, 6.07) is 8.93. The molecule has 1 heteroatoms. The minimum Gasteiger partial charge on any atom is -0.118 e. The Balaban J connectivity index is 1.87. The third-order valence-corrected chi connectivity index (χ3v) is 5.16. The van der Waals surface area contributed by atoms with Crippen LogP contribution in [-0.4, -0.2) is 0 Å². The first-order chi connectivity index (χ1) is 9.47. The number of benzene rings is 1. The Labute approximate surface area is 129 Å². The minimum atomic E-state index is 0.186. The average Bonchev–Trinajstić information content (AvgIpc) is 2.45. The number of hydrogen-bond acceptors (Lipinski definition) is 0. The van der Waals surface area contributed by atoms with Gasteiger partial charge in [-0.2, -0.15) is 0 Å². The molecular formula is C19H29Cl. The lowest BCUT2D eigenvalue weighted by Gasteiger charge is -2.23. The van der Waals surface area contributed by atoms with Crippen LogP contribution in [0.4, 0.5) is 0 Å². The highest BCUT2D eigenvalue weighted by molar-refractivity contribution is 6.20. The van der Waals surface area contributed by atoms with Crippen LogP contribution in [0.3, 0.4) is 0 Å². The summed E-state index contributed by atoms with van der Waals surface area (Å²) in [5, 5.41) is 0.186. The molecule has 1 aromatic carbocycles. The van der Waals surface area contributed by atoms with Crippen LogP contribution >= 0.6 is 11.6 Å². The van der Waals surface area contributed by atoms with Gasteiger partial charge in [0.2, 0.25) is 0 Å². The highest BCUT2D eigenvalue weighted by Gasteiger charge is 2.17. The zero-order chi connectivity index (χ0) is 14.6. The summed E-state index contributed by atoms with van der Waals surface area (Å²) < 4.78 is 0. The second-order valence-electron chi connectivity index (χ2n) is 7.42. The Morgan fingerprint density at radius 3 is 2.20 bits per heavy atom. The third kappa shape index (κ3) is 4.52. The van der Waals surface area contributed by atoms with E-state index < -0.39 is 0 Å². The lowest BCUT2D eigenvalue weighted by molar-refractivity contribution is 0.331. The monoisotopic (exact) mass is 292 g/mol. The van der Waals surface area contributed by atoms with Crippen molar-refractivity contribution in [1.82, 2.24) is 0 Å². The predicted molar refractivity (Wildman–Crippen MR) is 89.5 cm³/mol. The second kappa shape index (κ2) is 6.98. The first-order valence-corrected chi connectivity index (χ1v) is 8.65. The number of alkyl halides is 1. The van der Waals surface area contributed by atoms with E-state index in [4.69, 9.17) is 11.6 Å². The molecule has 1 unspecified atom stereocenters. The maximum Gasteiger partial charge on any atom is 0.0585 e. The van der Waals surface area contributed by atoms with Crippen LogP contribution in [0.5, 0.6) is 0 Å². The van der Waals surface area contributed by atoms with Gasteiger partial charge in [0, 0.05) is 0 Å². The summed E-state index contributed by atoms with van der Waals surface area (Å²) in [6.07, 6.45) is 9.57. The highest BCUT2D eigenvalue weighted by Crippen LogP contribution is 2.33. The van der Waals surface area contributed by atoms with Crippen molar-refractivity contribution in [2.45, 2.75) is 76.5 Å². The lowest BCUT2D eigenvalue weighted by Crippen LogP contribution is -2.11. The molecule has 112 valence electrons. The SMILES string of the molecule is CC(C)(C)c1ccc(C(Cl)CCC2CCCCC2)cc1. The first kappa shape index (κ1) is 15.9. The molecule has 1 aliphatic carbocycles. The predicted octanol–water partition coefficient (Wildman–Crippen LogP) is 6.62. The average molecular weight is 293 g/mol. The van der Waals surface area contributed by atoms with Crippen molar-refractivity contribution in [1.29, 1.82) is 0 Å². The Kier molecular flexibility index (Phi) is 5.55. The normalized spacial score (nSPS) is 19.0. The number of halogens is 1. The molecule has 0 amide bonds. The molecule has 0 radical (unpaired) electrons. The van der Waals surface area contributed by atoms with E-state index in [1.54, 1.807) is 0 Å². The van der Waals surface area contributed by atoms with E-state index in [0.29, 0.717) is 0 Å². The summed E-state index contributed by atoms with van der Waals surface area (Å²) in [5.74, 6) is 0.929. The maximum atomic E-state index is 6.59. The quantitative estimate of drug-likeness (QED) is 0.547. The van der Waals surface area contributed by atoms with Gasteiger partial charge in [0.05, 0.1) is 5.38 Å². The van der Waals surface area contributed by atoms with Gasteiger partial charge in [-0.3, -0.25) is 0 Å². The fraction of sp³-hybridized carbons (Fsp3) is 0.684. The molecule has 1 saturated carbocycles. The Morgan fingerprint density at radius 1 is 1.05 bits per heavy atom. The summed E-state index contributed by atoms with van der Waals surface area (Å²) >= 11 is 6.59. The molecule has 1 atom stereocenters. The summed E-state index contributed by atoms with van der Waals surface area (Å²) in [5.41, 5.74) is 2.90. The molecule has 0 spiro atoms. The summed E-state index contributed by atoms with van der Waals surface area (Å²) in [7, 11) is 0. The molecule has 2 rings (SSSR count). The van der Waals surface area contributed by atoms with Crippen molar-refractivity contribution >= 4 is 11.6 Å². The molecule has 20 heavy (non-hydrogen) atoms. The third-order valence-electron chi connectivity index (χ3n) is 4.69. The lowest BCUT2D eigenvalue weighted by atomic mass is 9.84. The molecule has 1 aliphatic rings. The van der Waals surface area contributed by atoms with Crippen LogP contribution < -0.4 is 0 Å². The fourth-order valence-electron chi connectivity index (χ4n) is 3.22. The number of rotatable bonds is 4. The van der Waals surface area contributed by atoms with Gasteiger partial charge in [-0.1, -0.05) is 77.1 Å². The van der Waals surface area contributed by atoms with Crippen LogP contribution in [0.15, 0.2) is 24.3 Å². The molecule has 0 saturated heterocycles. The van der Waals surface area contributed by atoms with Gasteiger partial charge in [0.25, 0.3) is 0 Å². The first-order valence-electron chi connectivity index (χ1n) is 8.21. The second-order valence-corrected chi connectivity index (χ2v) is 7.95. The van der Waals surface area contributed by atoms with Gasteiger partial charge in [-0.15, -0.1) is 11.6 Å². The number of hydrogen-bond donors (Lipinski definition) is 0. The smallest absolute Gasteiger partial charge is 0.0585 e. The van der Waals surface area contributed by atoms with Crippen LogP contribution in [0, 0.1) is 5.92 Å². The van der Waals surface area contributed by atoms with E-state index in [-0.39, 0.29) is 10.8 Å². The molecular weight excluding hydrogens is 264 g/mol. The molecule has 0 aliphatic heterocycles. The van der Waals surface area contributed by atoms with Gasteiger partial charge in [-0.25, -0.2) is 0 Å². The molecule has 0 aromatic heterocycles. The van der Waals surface area contributed by atoms with Gasteiger partial charge < -0.3 is 0 Å². The highest BCUT2D eigenvalue weighted by atomic mass is 35.5. The molecule has 1 aromatic rings.